The van der Waals surface area contributed by atoms with Gasteiger partial charge in [0.15, 0.2) is 0 Å². The second-order valence-corrected chi connectivity index (χ2v) is 5.01. The topological polar surface area (TPSA) is 9.23 Å². The van der Waals surface area contributed by atoms with Crippen LogP contribution in [0.4, 0.5) is 0 Å². The summed E-state index contributed by atoms with van der Waals surface area (Å²) < 4.78 is 6.74. The first-order valence-corrected chi connectivity index (χ1v) is 6.38. The summed E-state index contributed by atoms with van der Waals surface area (Å²) in [5.41, 5.74) is 1.10. The van der Waals surface area contributed by atoms with Crippen LogP contribution in [0.25, 0.3) is 0 Å². The van der Waals surface area contributed by atoms with Gasteiger partial charge in [-0.25, -0.2) is 0 Å². The Labute approximate surface area is 104 Å². The van der Waals surface area contributed by atoms with Gasteiger partial charge >= 0.3 is 0 Å². The Morgan fingerprint density at radius 1 is 1.29 bits per heavy atom. The predicted octanol–water partition coefficient (Wildman–Crippen LogP) is 4.07. The van der Waals surface area contributed by atoms with Crippen LogP contribution in [-0.2, 0) is 11.3 Å². The van der Waals surface area contributed by atoms with Crippen molar-refractivity contribution in [2.45, 2.75) is 26.1 Å². The quantitative estimate of drug-likeness (QED) is 0.599. The minimum absolute atomic E-state index is 0.0554. The van der Waals surface area contributed by atoms with Crippen LogP contribution < -0.4 is 0 Å². The van der Waals surface area contributed by atoms with Gasteiger partial charge < -0.3 is 4.74 Å². The van der Waals surface area contributed by atoms with Crippen molar-refractivity contribution in [3.63, 3.8) is 0 Å². The number of ether oxygens (including phenoxy) is 1. The monoisotopic (exact) mass is 324 g/mol. The highest BCUT2D eigenvalue weighted by atomic mass is 127. The number of halogens is 2. The van der Waals surface area contributed by atoms with Crippen LogP contribution in [0.3, 0.4) is 0 Å². The van der Waals surface area contributed by atoms with Crippen molar-refractivity contribution in [2.75, 3.05) is 4.43 Å². The molecule has 0 heterocycles. The van der Waals surface area contributed by atoms with Crippen molar-refractivity contribution < 1.29 is 4.74 Å². The summed E-state index contributed by atoms with van der Waals surface area (Å²) in [5, 5.41) is 0.766. The van der Waals surface area contributed by atoms with Crippen molar-refractivity contribution >= 4 is 34.2 Å². The molecule has 0 fully saturated rings. The molecule has 1 aromatic rings. The lowest BCUT2D eigenvalue weighted by Gasteiger charge is -2.22. The van der Waals surface area contributed by atoms with E-state index >= 15 is 0 Å². The van der Waals surface area contributed by atoms with Crippen molar-refractivity contribution in [1.29, 1.82) is 0 Å². The zero-order valence-electron chi connectivity index (χ0n) is 8.39. The van der Waals surface area contributed by atoms with E-state index in [2.05, 4.69) is 36.4 Å². The molecular weight excluding hydrogens is 310 g/mol. The highest BCUT2D eigenvalue weighted by Crippen LogP contribution is 2.16. The fraction of sp³-hybridized carbons (Fsp3) is 0.455. The molecule has 0 amide bonds. The van der Waals surface area contributed by atoms with Gasteiger partial charge in [-0.05, 0) is 31.5 Å². The van der Waals surface area contributed by atoms with E-state index in [1.165, 1.54) is 0 Å². The van der Waals surface area contributed by atoms with Gasteiger partial charge in [-0.15, -0.1) is 0 Å². The summed E-state index contributed by atoms with van der Waals surface area (Å²) in [6.45, 7) is 4.83. The highest BCUT2D eigenvalue weighted by Gasteiger charge is 2.15. The highest BCUT2D eigenvalue weighted by molar-refractivity contribution is 14.1. The molecule has 1 nitrogen and oxygen atoms in total. The van der Waals surface area contributed by atoms with Crippen LogP contribution in [0.15, 0.2) is 24.3 Å². The molecule has 3 heteroatoms. The molecule has 78 valence electrons. The maximum Gasteiger partial charge on any atom is 0.0724 e. The fourth-order valence-electron chi connectivity index (χ4n) is 0.898. The second kappa shape index (κ2) is 5.33. The summed E-state index contributed by atoms with van der Waals surface area (Å²) >= 11 is 8.12. The molecule has 0 aromatic heterocycles. The number of benzene rings is 1. The van der Waals surface area contributed by atoms with E-state index in [4.69, 9.17) is 16.3 Å². The Morgan fingerprint density at radius 2 is 1.86 bits per heavy atom. The van der Waals surface area contributed by atoms with Crippen molar-refractivity contribution in [2.24, 2.45) is 0 Å². The van der Waals surface area contributed by atoms with Crippen LogP contribution >= 0.6 is 34.2 Å². The van der Waals surface area contributed by atoms with E-state index in [1.807, 2.05) is 24.3 Å². The molecule has 0 aliphatic heterocycles. The van der Waals surface area contributed by atoms with Gasteiger partial charge in [0.25, 0.3) is 0 Å². The average molecular weight is 325 g/mol. The first kappa shape index (κ1) is 12.3. The summed E-state index contributed by atoms with van der Waals surface area (Å²) in [5.74, 6) is 0. The summed E-state index contributed by atoms with van der Waals surface area (Å²) in [6.07, 6.45) is 0. The molecule has 1 rings (SSSR count). The normalized spacial score (nSPS) is 11.7. The Kier molecular flexibility index (Phi) is 4.67. The van der Waals surface area contributed by atoms with E-state index in [1.54, 1.807) is 0 Å². The molecule has 0 unspecified atom stereocenters. The molecular formula is C11H14ClIO. The van der Waals surface area contributed by atoms with E-state index < -0.39 is 0 Å². The minimum Gasteiger partial charge on any atom is -0.370 e. The largest absolute Gasteiger partial charge is 0.370 e. The lowest BCUT2D eigenvalue weighted by Crippen LogP contribution is -2.25. The lowest BCUT2D eigenvalue weighted by atomic mass is 10.2. The molecule has 0 N–H and O–H groups in total. The maximum absolute atomic E-state index is 5.79. The third-order valence-corrected chi connectivity index (χ3v) is 3.95. The van der Waals surface area contributed by atoms with Gasteiger partial charge in [-0.2, -0.15) is 0 Å². The van der Waals surface area contributed by atoms with Crippen LogP contribution in [0.1, 0.15) is 19.4 Å². The van der Waals surface area contributed by atoms with E-state index in [0.29, 0.717) is 6.61 Å². The SMILES string of the molecule is CC(C)(CI)OCc1ccc(Cl)cc1. The van der Waals surface area contributed by atoms with Crippen LogP contribution in [-0.4, -0.2) is 10.0 Å². The zero-order chi connectivity index (χ0) is 10.6. The molecule has 1 aromatic carbocycles. The van der Waals surface area contributed by atoms with Crippen molar-refractivity contribution in [3.05, 3.63) is 34.9 Å². The van der Waals surface area contributed by atoms with Gasteiger partial charge in [-0.1, -0.05) is 46.3 Å². The fourth-order valence-corrected chi connectivity index (χ4v) is 1.24. The first-order valence-electron chi connectivity index (χ1n) is 4.48. The lowest BCUT2D eigenvalue weighted by molar-refractivity contribution is -0.00907. The van der Waals surface area contributed by atoms with Gasteiger partial charge in [0.1, 0.15) is 0 Å². The summed E-state index contributed by atoms with van der Waals surface area (Å²) in [7, 11) is 0. The third-order valence-electron chi connectivity index (χ3n) is 1.86. The molecule has 0 bridgehead atoms. The molecule has 0 radical (unpaired) electrons. The predicted molar refractivity (Wildman–Crippen MR) is 69.2 cm³/mol. The van der Waals surface area contributed by atoms with Gasteiger partial charge in [0.05, 0.1) is 12.2 Å². The Hall–Kier alpha value is 0.200. The molecule has 14 heavy (non-hydrogen) atoms. The molecule has 0 atom stereocenters. The minimum atomic E-state index is -0.0554. The van der Waals surface area contributed by atoms with Gasteiger partial charge in [-0.3, -0.25) is 0 Å². The Morgan fingerprint density at radius 3 is 2.36 bits per heavy atom. The molecule has 0 saturated carbocycles. The van der Waals surface area contributed by atoms with Crippen molar-refractivity contribution in [1.82, 2.24) is 0 Å². The van der Waals surface area contributed by atoms with Crippen LogP contribution in [0, 0.1) is 0 Å². The average Bonchev–Trinajstić information content (AvgIpc) is 2.17. The smallest absolute Gasteiger partial charge is 0.0724 e. The molecule has 0 aliphatic carbocycles. The zero-order valence-corrected chi connectivity index (χ0v) is 11.3. The number of hydrogen-bond donors (Lipinski definition) is 0. The van der Waals surface area contributed by atoms with Crippen LogP contribution in [0.5, 0.6) is 0 Å². The molecule has 0 saturated heterocycles. The maximum atomic E-state index is 5.79. The van der Waals surface area contributed by atoms with E-state index in [0.717, 1.165) is 15.0 Å². The summed E-state index contributed by atoms with van der Waals surface area (Å²) in [4.78, 5) is 0. The first-order chi connectivity index (χ1) is 6.53. The summed E-state index contributed by atoms with van der Waals surface area (Å²) in [6, 6.07) is 7.76. The third kappa shape index (κ3) is 4.15. The Balaban J connectivity index is 2.50. The number of rotatable bonds is 4. The van der Waals surface area contributed by atoms with Crippen LogP contribution in [0.2, 0.25) is 5.02 Å². The van der Waals surface area contributed by atoms with Gasteiger partial charge in [0.2, 0.25) is 0 Å². The van der Waals surface area contributed by atoms with E-state index in [-0.39, 0.29) is 5.60 Å². The number of alkyl halides is 1. The molecule has 0 aliphatic rings. The number of hydrogen-bond acceptors (Lipinski definition) is 1. The Bertz CT molecular complexity index is 282. The van der Waals surface area contributed by atoms with Crippen molar-refractivity contribution in [3.8, 4) is 0 Å². The second-order valence-electron chi connectivity index (χ2n) is 3.81. The standard InChI is InChI=1S/C11H14ClIO/c1-11(2,8-13)14-7-9-3-5-10(12)6-4-9/h3-6H,7-8H2,1-2H3. The van der Waals surface area contributed by atoms with Gasteiger partial charge in [0, 0.05) is 9.45 Å². The molecule has 0 spiro atoms. The van der Waals surface area contributed by atoms with E-state index in [9.17, 15) is 0 Å².